The number of nitrogens with one attached hydrogen (secondary N) is 1. The predicted molar refractivity (Wildman–Crippen MR) is 101 cm³/mol. The van der Waals surface area contributed by atoms with Crippen molar-refractivity contribution < 1.29 is 8.81 Å². The first-order valence-corrected chi connectivity index (χ1v) is 10.00. The number of alkyl halides is 1. The quantitative estimate of drug-likeness (QED) is 0.738. The highest BCUT2D eigenvalue weighted by Crippen LogP contribution is 2.47. The highest BCUT2D eigenvalue weighted by Gasteiger charge is 2.39. The van der Waals surface area contributed by atoms with Crippen LogP contribution in [0.15, 0.2) is 21.7 Å². The molecule has 1 N–H and O–H groups in total. The van der Waals surface area contributed by atoms with Crippen LogP contribution in [0, 0.1) is 6.92 Å². The molecule has 3 heterocycles. The van der Waals surface area contributed by atoms with Gasteiger partial charge in [0.1, 0.15) is 23.1 Å². The van der Waals surface area contributed by atoms with E-state index >= 15 is 0 Å². The maximum absolute atomic E-state index is 14.2. The van der Waals surface area contributed by atoms with Crippen molar-refractivity contribution in [2.45, 2.75) is 75.9 Å². The second kappa shape index (κ2) is 6.25. The number of nitrogens with zero attached hydrogens (tertiary/aromatic N) is 4. The normalized spacial score (nSPS) is 30.5. The summed E-state index contributed by atoms with van der Waals surface area (Å²) in [6, 6.07) is 0.0788. The fraction of sp³-hybridized carbons (Fsp3) is 0.600. The van der Waals surface area contributed by atoms with Crippen LogP contribution in [-0.4, -0.2) is 30.4 Å². The van der Waals surface area contributed by atoms with Gasteiger partial charge in [0.05, 0.1) is 17.9 Å². The van der Waals surface area contributed by atoms with Gasteiger partial charge < -0.3 is 9.40 Å². The molecule has 0 amide bonds. The van der Waals surface area contributed by atoms with Crippen LogP contribution in [0.4, 0.5) is 4.39 Å². The second-order valence-electron chi connectivity index (χ2n) is 8.54. The van der Waals surface area contributed by atoms with Gasteiger partial charge in [-0.25, -0.2) is 19.0 Å². The summed E-state index contributed by atoms with van der Waals surface area (Å²) in [4.78, 5) is 24.8. The van der Waals surface area contributed by atoms with Gasteiger partial charge in [-0.15, -0.1) is 0 Å². The third kappa shape index (κ3) is 2.86. The number of aromatic amines is 1. The van der Waals surface area contributed by atoms with E-state index in [2.05, 4.69) is 15.1 Å². The van der Waals surface area contributed by atoms with E-state index in [1.54, 1.807) is 19.4 Å². The van der Waals surface area contributed by atoms with Crippen LogP contribution in [0.25, 0.3) is 11.0 Å². The minimum Gasteiger partial charge on any atom is -0.448 e. The summed E-state index contributed by atoms with van der Waals surface area (Å²) in [7, 11) is 0. The van der Waals surface area contributed by atoms with E-state index < -0.39 is 5.67 Å². The number of rotatable bonds is 3. The Morgan fingerprint density at radius 1 is 1.21 bits per heavy atom. The fourth-order valence-electron chi connectivity index (χ4n) is 4.51. The largest absolute Gasteiger partial charge is 0.448 e. The first-order chi connectivity index (χ1) is 13.4. The first kappa shape index (κ1) is 17.6. The SMILES string of the molecule is Cc1coc([C@H]2CC[C@H]2c2nc3c(cnn3C3CCC(C)(F)CC3)c(=O)[nH]2)n1. The standard InChI is InChI=1S/C20H24FN5O2/c1-11-10-28-19(23-11)14-4-3-13(14)16-24-17-15(18(27)25-16)9-22-26(17)12-5-7-20(2,21)8-6-12/h9-10,12-14H,3-8H2,1-2H3,(H,24,25,27)/t12?,13-,14+,20?/m1/s1. The molecular formula is C20H24FN5O2. The number of fused-ring (bicyclic) bond motifs is 1. The number of hydrogen-bond acceptors (Lipinski definition) is 5. The lowest BCUT2D eigenvalue weighted by Gasteiger charge is -2.33. The minimum absolute atomic E-state index is 0.0788. The van der Waals surface area contributed by atoms with Crippen LogP contribution in [-0.2, 0) is 0 Å². The lowest BCUT2D eigenvalue weighted by molar-refractivity contribution is 0.103. The van der Waals surface area contributed by atoms with Crippen molar-refractivity contribution in [1.29, 1.82) is 0 Å². The average molecular weight is 385 g/mol. The minimum atomic E-state index is -1.11. The summed E-state index contributed by atoms with van der Waals surface area (Å²) in [5.41, 5.74) is 0.169. The molecule has 2 atom stereocenters. The molecule has 0 aromatic carbocycles. The molecule has 0 radical (unpaired) electrons. The van der Waals surface area contributed by atoms with Crippen LogP contribution in [0.5, 0.6) is 0 Å². The van der Waals surface area contributed by atoms with Crippen LogP contribution in [0.3, 0.4) is 0 Å². The fourth-order valence-corrected chi connectivity index (χ4v) is 4.51. The van der Waals surface area contributed by atoms with E-state index in [1.165, 1.54) is 0 Å². The predicted octanol–water partition coefficient (Wildman–Crippen LogP) is 3.92. The van der Waals surface area contributed by atoms with Gasteiger partial charge in [0.15, 0.2) is 11.5 Å². The molecule has 28 heavy (non-hydrogen) atoms. The number of H-pyrrole nitrogens is 1. The Labute approximate surface area is 161 Å². The zero-order chi connectivity index (χ0) is 19.5. The molecule has 148 valence electrons. The molecule has 2 fully saturated rings. The molecule has 0 saturated heterocycles. The van der Waals surface area contributed by atoms with Crippen molar-refractivity contribution in [2.75, 3.05) is 0 Å². The van der Waals surface area contributed by atoms with Crippen LogP contribution < -0.4 is 5.56 Å². The van der Waals surface area contributed by atoms with E-state index in [-0.39, 0.29) is 23.4 Å². The molecule has 5 rings (SSSR count). The average Bonchev–Trinajstić information content (AvgIpc) is 3.21. The van der Waals surface area contributed by atoms with Crippen molar-refractivity contribution >= 4 is 11.0 Å². The lowest BCUT2D eigenvalue weighted by Crippen LogP contribution is -2.29. The number of aromatic nitrogens is 5. The summed E-state index contributed by atoms with van der Waals surface area (Å²) >= 11 is 0. The Hall–Kier alpha value is -2.51. The number of hydrogen-bond donors (Lipinski definition) is 1. The van der Waals surface area contributed by atoms with Crippen LogP contribution in [0.1, 0.15) is 80.7 Å². The van der Waals surface area contributed by atoms with E-state index in [1.807, 2.05) is 11.6 Å². The zero-order valence-electron chi connectivity index (χ0n) is 16.1. The van der Waals surface area contributed by atoms with E-state index in [9.17, 15) is 9.18 Å². The third-order valence-electron chi connectivity index (χ3n) is 6.40. The number of oxazole rings is 1. The molecule has 3 aromatic rings. The van der Waals surface area contributed by atoms with Crippen molar-refractivity contribution in [3.8, 4) is 0 Å². The van der Waals surface area contributed by atoms with Gasteiger partial charge in [0.25, 0.3) is 5.56 Å². The van der Waals surface area contributed by atoms with E-state index in [0.717, 1.165) is 18.5 Å². The number of halogens is 1. The zero-order valence-corrected chi connectivity index (χ0v) is 16.1. The summed E-state index contributed by atoms with van der Waals surface area (Å²) in [6.07, 6.45) is 7.53. The molecule has 0 aliphatic heterocycles. The Bertz CT molecular complexity index is 1070. The third-order valence-corrected chi connectivity index (χ3v) is 6.40. The Morgan fingerprint density at radius 3 is 2.61 bits per heavy atom. The molecule has 2 aliphatic carbocycles. The molecule has 2 aliphatic rings. The highest BCUT2D eigenvalue weighted by molar-refractivity contribution is 5.73. The summed E-state index contributed by atoms with van der Waals surface area (Å²) < 4.78 is 21.6. The Balaban J connectivity index is 1.49. The van der Waals surface area contributed by atoms with Crippen molar-refractivity contribution in [3.05, 3.63) is 40.2 Å². The van der Waals surface area contributed by atoms with Gasteiger partial charge in [0.2, 0.25) is 0 Å². The Morgan fingerprint density at radius 2 is 1.96 bits per heavy atom. The van der Waals surface area contributed by atoms with Gasteiger partial charge in [0, 0.05) is 11.8 Å². The van der Waals surface area contributed by atoms with Gasteiger partial charge in [-0.2, -0.15) is 5.10 Å². The van der Waals surface area contributed by atoms with E-state index in [4.69, 9.17) is 9.40 Å². The first-order valence-electron chi connectivity index (χ1n) is 10.00. The lowest BCUT2D eigenvalue weighted by atomic mass is 9.73. The molecule has 7 nitrogen and oxygen atoms in total. The maximum atomic E-state index is 14.2. The van der Waals surface area contributed by atoms with Crippen molar-refractivity contribution in [1.82, 2.24) is 24.7 Å². The highest BCUT2D eigenvalue weighted by atomic mass is 19.1. The second-order valence-corrected chi connectivity index (χ2v) is 8.54. The van der Waals surface area contributed by atoms with Crippen LogP contribution in [0.2, 0.25) is 0 Å². The molecule has 0 unspecified atom stereocenters. The smallest absolute Gasteiger partial charge is 0.262 e. The monoisotopic (exact) mass is 385 g/mol. The summed E-state index contributed by atoms with van der Waals surface area (Å²) in [6.45, 7) is 3.56. The van der Waals surface area contributed by atoms with Crippen molar-refractivity contribution in [2.24, 2.45) is 0 Å². The molecule has 0 spiro atoms. The topological polar surface area (TPSA) is 89.6 Å². The molecule has 8 heteroatoms. The van der Waals surface area contributed by atoms with Gasteiger partial charge in [-0.3, -0.25) is 4.79 Å². The molecule has 2 saturated carbocycles. The van der Waals surface area contributed by atoms with E-state index in [0.29, 0.717) is 48.4 Å². The van der Waals surface area contributed by atoms with Gasteiger partial charge >= 0.3 is 0 Å². The van der Waals surface area contributed by atoms with Crippen LogP contribution >= 0.6 is 0 Å². The Kier molecular flexibility index (Phi) is 3.93. The van der Waals surface area contributed by atoms with Crippen molar-refractivity contribution in [3.63, 3.8) is 0 Å². The van der Waals surface area contributed by atoms with Gasteiger partial charge in [-0.1, -0.05) is 0 Å². The summed E-state index contributed by atoms with van der Waals surface area (Å²) in [5.74, 6) is 1.59. The number of aryl methyl sites for hydroxylation is 1. The maximum Gasteiger partial charge on any atom is 0.262 e. The van der Waals surface area contributed by atoms with Gasteiger partial charge in [-0.05, 0) is 52.4 Å². The molecule has 3 aromatic heterocycles. The molecule has 0 bridgehead atoms. The summed E-state index contributed by atoms with van der Waals surface area (Å²) in [5, 5.41) is 4.92. The molecular weight excluding hydrogens is 361 g/mol.